The first kappa shape index (κ1) is 18.7. The normalized spacial score (nSPS) is 23.9. The first-order valence-electron chi connectivity index (χ1n) is 9.24. The van der Waals surface area contributed by atoms with Gasteiger partial charge in [-0.25, -0.2) is 4.98 Å². The van der Waals surface area contributed by atoms with Crippen molar-refractivity contribution in [2.75, 3.05) is 6.61 Å². The van der Waals surface area contributed by atoms with Crippen LogP contribution >= 0.6 is 0 Å². The van der Waals surface area contributed by atoms with E-state index in [0.29, 0.717) is 0 Å². The predicted molar refractivity (Wildman–Crippen MR) is 94.8 cm³/mol. The molecule has 1 aromatic heterocycles. The van der Waals surface area contributed by atoms with Crippen LogP contribution < -0.4 is 4.74 Å². The molecule has 0 spiro atoms. The number of hydrogen-bond donors (Lipinski definition) is 0. The van der Waals surface area contributed by atoms with E-state index in [1.807, 2.05) is 0 Å². The Morgan fingerprint density at radius 2 is 2.07 bits per heavy atom. The number of hydrogen-bond acceptors (Lipinski definition) is 4. The molecule has 8 heteroatoms. The van der Waals surface area contributed by atoms with Gasteiger partial charge in [0.25, 0.3) is 5.91 Å². The fourth-order valence-corrected chi connectivity index (χ4v) is 4.20. The number of alkyl halides is 3. The van der Waals surface area contributed by atoms with Crippen molar-refractivity contribution in [3.63, 3.8) is 0 Å². The maximum Gasteiger partial charge on any atom is 0.416 e. The highest BCUT2D eigenvalue weighted by molar-refractivity contribution is 5.92. The minimum atomic E-state index is -4.42. The third-order valence-electron chi connectivity index (χ3n) is 5.56. The molecule has 5 nitrogen and oxygen atoms in total. The van der Waals surface area contributed by atoms with Crippen molar-refractivity contribution >= 4 is 5.91 Å². The van der Waals surface area contributed by atoms with Gasteiger partial charge >= 0.3 is 6.18 Å². The lowest BCUT2D eigenvalue weighted by molar-refractivity contribution is -0.137. The van der Waals surface area contributed by atoms with Gasteiger partial charge in [0.2, 0.25) is 0 Å². The molecule has 28 heavy (non-hydrogen) atoms. The first-order chi connectivity index (χ1) is 13.3. The highest BCUT2D eigenvalue weighted by Crippen LogP contribution is 2.43. The van der Waals surface area contributed by atoms with Gasteiger partial charge in [-0.15, -0.1) is 0 Å². The SMILES string of the molecule is Cc1cnc(C(=O)N2[C@@H]3CC[C@H](C3)[C@@H]2COc2cccc(C(F)(F)F)c2)cn1. The average molecular weight is 391 g/mol. The van der Waals surface area contributed by atoms with E-state index < -0.39 is 11.7 Å². The quantitative estimate of drug-likeness (QED) is 0.794. The van der Waals surface area contributed by atoms with Crippen LogP contribution in [0.5, 0.6) is 5.75 Å². The Morgan fingerprint density at radius 3 is 2.79 bits per heavy atom. The molecule has 0 radical (unpaired) electrons. The van der Waals surface area contributed by atoms with Crippen LogP contribution in [0.25, 0.3) is 0 Å². The number of fused-ring (bicyclic) bond motifs is 2. The van der Waals surface area contributed by atoms with Gasteiger partial charge < -0.3 is 9.64 Å². The summed E-state index contributed by atoms with van der Waals surface area (Å²) in [6.07, 6.45) is 1.41. The third-order valence-corrected chi connectivity index (χ3v) is 5.56. The summed E-state index contributed by atoms with van der Waals surface area (Å²) in [6.45, 7) is 1.96. The van der Waals surface area contributed by atoms with Crippen LogP contribution in [0.15, 0.2) is 36.7 Å². The summed E-state index contributed by atoms with van der Waals surface area (Å²) >= 11 is 0. The largest absolute Gasteiger partial charge is 0.491 e. The van der Waals surface area contributed by atoms with Gasteiger partial charge in [-0.1, -0.05) is 6.07 Å². The van der Waals surface area contributed by atoms with Crippen LogP contribution in [0.4, 0.5) is 13.2 Å². The van der Waals surface area contributed by atoms with Crippen molar-refractivity contribution < 1.29 is 22.7 Å². The maximum atomic E-state index is 13.0. The lowest BCUT2D eigenvalue weighted by atomic mass is 9.99. The molecule has 0 N–H and O–H groups in total. The lowest BCUT2D eigenvalue weighted by Crippen LogP contribution is -2.48. The number of ether oxygens (including phenoxy) is 1. The Morgan fingerprint density at radius 1 is 1.25 bits per heavy atom. The third kappa shape index (κ3) is 3.55. The Kier molecular flexibility index (Phi) is 4.72. The van der Waals surface area contributed by atoms with Crippen LogP contribution in [-0.2, 0) is 6.18 Å². The van der Waals surface area contributed by atoms with Crippen molar-refractivity contribution in [1.29, 1.82) is 0 Å². The monoisotopic (exact) mass is 391 g/mol. The summed E-state index contributed by atoms with van der Waals surface area (Å²) in [7, 11) is 0. The number of rotatable bonds is 4. The van der Waals surface area contributed by atoms with Crippen molar-refractivity contribution in [2.45, 2.75) is 44.4 Å². The number of nitrogens with zero attached hydrogens (tertiary/aromatic N) is 3. The summed E-state index contributed by atoms with van der Waals surface area (Å²) < 4.78 is 44.4. The minimum Gasteiger partial charge on any atom is -0.491 e. The van der Waals surface area contributed by atoms with Gasteiger partial charge in [0.1, 0.15) is 18.1 Å². The molecule has 2 aliphatic rings. The number of benzene rings is 1. The molecule has 2 bridgehead atoms. The van der Waals surface area contributed by atoms with Gasteiger partial charge in [0.15, 0.2) is 0 Å². The number of halogens is 3. The molecule has 1 amide bonds. The first-order valence-corrected chi connectivity index (χ1v) is 9.24. The minimum absolute atomic E-state index is 0.121. The second-order valence-corrected chi connectivity index (χ2v) is 7.39. The van der Waals surface area contributed by atoms with E-state index in [0.717, 1.165) is 37.1 Å². The standard InChI is InChI=1S/C20H20F3N3O2/c1-12-9-25-17(10-24-12)19(27)26-15-6-5-13(7-15)18(26)11-28-16-4-2-3-14(8-16)20(21,22)23/h2-4,8-10,13,15,18H,5-7,11H2,1H3/t13-,15-,18+/m1/s1. The molecule has 2 fully saturated rings. The summed E-state index contributed by atoms with van der Waals surface area (Å²) in [5, 5.41) is 0. The maximum absolute atomic E-state index is 13.0. The van der Waals surface area contributed by atoms with Crippen molar-refractivity contribution in [1.82, 2.24) is 14.9 Å². The van der Waals surface area contributed by atoms with Crippen molar-refractivity contribution in [3.05, 3.63) is 53.6 Å². The summed E-state index contributed by atoms with van der Waals surface area (Å²) in [5.74, 6) is 0.246. The summed E-state index contributed by atoms with van der Waals surface area (Å²) in [5.41, 5.74) is 0.256. The van der Waals surface area contributed by atoms with Gasteiger partial charge in [-0.05, 0) is 50.3 Å². The molecule has 148 valence electrons. The number of aromatic nitrogens is 2. The molecule has 1 saturated carbocycles. The van der Waals surface area contributed by atoms with E-state index in [4.69, 9.17) is 4.74 Å². The van der Waals surface area contributed by atoms with Crippen LogP contribution in [0.2, 0.25) is 0 Å². The molecule has 1 aromatic carbocycles. The fraction of sp³-hybridized carbons (Fsp3) is 0.450. The van der Waals surface area contributed by atoms with Gasteiger partial charge in [-0.2, -0.15) is 13.2 Å². The second kappa shape index (κ2) is 7.07. The van der Waals surface area contributed by atoms with Crippen molar-refractivity contribution in [3.8, 4) is 5.75 Å². The van der Waals surface area contributed by atoms with E-state index in [1.54, 1.807) is 18.0 Å². The molecule has 0 unspecified atom stereocenters. The highest BCUT2D eigenvalue weighted by Gasteiger charge is 2.48. The lowest BCUT2D eigenvalue weighted by Gasteiger charge is -2.35. The van der Waals surface area contributed by atoms with E-state index in [2.05, 4.69) is 9.97 Å². The molecule has 2 aromatic rings. The molecule has 2 heterocycles. The number of likely N-dealkylation sites (tertiary alicyclic amines) is 1. The van der Waals surface area contributed by atoms with Crippen LogP contribution in [-0.4, -0.2) is 39.5 Å². The molecular weight excluding hydrogens is 371 g/mol. The zero-order valence-corrected chi connectivity index (χ0v) is 15.3. The van der Waals surface area contributed by atoms with Crippen molar-refractivity contribution in [2.24, 2.45) is 5.92 Å². The summed E-state index contributed by atoms with van der Waals surface area (Å²) in [4.78, 5) is 23.1. The Hall–Kier alpha value is -2.64. The molecular formula is C20H20F3N3O2. The van der Waals surface area contributed by atoms with Gasteiger partial charge in [-0.3, -0.25) is 9.78 Å². The number of carbonyl (C=O) groups excluding carboxylic acids is 1. The van der Waals surface area contributed by atoms with E-state index in [-0.39, 0.29) is 42.0 Å². The number of carbonyl (C=O) groups is 1. The Balaban J connectivity index is 1.50. The Bertz CT molecular complexity index is 870. The zero-order valence-electron chi connectivity index (χ0n) is 15.3. The zero-order chi connectivity index (χ0) is 19.9. The van der Waals surface area contributed by atoms with Gasteiger partial charge in [0.05, 0.1) is 23.5 Å². The van der Waals surface area contributed by atoms with Crippen LogP contribution in [0, 0.1) is 12.8 Å². The molecule has 1 saturated heterocycles. The van der Waals surface area contributed by atoms with Crippen LogP contribution in [0.3, 0.4) is 0 Å². The Labute approximate surface area is 160 Å². The second-order valence-electron chi connectivity index (χ2n) is 7.39. The van der Waals surface area contributed by atoms with E-state index in [1.165, 1.54) is 18.3 Å². The molecule has 1 aliphatic carbocycles. The fourth-order valence-electron chi connectivity index (χ4n) is 4.20. The predicted octanol–water partition coefficient (Wildman–Crippen LogP) is 3.88. The molecule has 1 aliphatic heterocycles. The molecule has 3 atom stereocenters. The smallest absolute Gasteiger partial charge is 0.416 e. The number of amides is 1. The van der Waals surface area contributed by atoms with E-state index in [9.17, 15) is 18.0 Å². The topological polar surface area (TPSA) is 55.3 Å². The number of aryl methyl sites for hydroxylation is 1. The number of piperidine rings is 1. The summed E-state index contributed by atoms with van der Waals surface area (Å²) in [6, 6.07) is 4.77. The van der Waals surface area contributed by atoms with E-state index >= 15 is 0 Å². The average Bonchev–Trinajstić information content (AvgIpc) is 3.27. The van der Waals surface area contributed by atoms with Crippen LogP contribution in [0.1, 0.15) is 41.0 Å². The highest BCUT2D eigenvalue weighted by atomic mass is 19.4. The molecule has 4 rings (SSSR count). The van der Waals surface area contributed by atoms with Gasteiger partial charge in [0, 0.05) is 12.2 Å².